The van der Waals surface area contributed by atoms with Crippen LogP contribution in [0.15, 0.2) is 9.98 Å². The van der Waals surface area contributed by atoms with E-state index in [1.54, 1.807) is 0 Å². The molecule has 128 valence electrons. The molecule has 0 aromatic carbocycles. The summed E-state index contributed by atoms with van der Waals surface area (Å²) in [6, 6.07) is 0. The standard InChI is InChI=1S/C18H36N4/c1-4-5-6-7-8-9-10-11-12-13-14-15-16-20-17(19)22-18(2,3)21-16/h4-15H2,1-3H3,(H3,19,20,21,22). The number of aliphatic imine (C=N–C) groups is 2. The third-order valence-corrected chi connectivity index (χ3v) is 4.09. The predicted octanol–water partition coefficient (Wildman–Crippen LogP) is 4.74. The average Bonchev–Trinajstić information content (AvgIpc) is 2.42. The highest BCUT2D eigenvalue weighted by Crippen LogP contribution is 2.16. The van der Waals surface area contributed by atoms with Gasteiger partial charge >= 0.3 is 0 Å². The summed E-state index contributed by atoms with van der Waals surface area (Å²) in [4.78, 5) is 8.85. The van der Waals surface area contributed by atoms with Gasteiger partial charge in [-0.3, -0.25) is 0 Å². The zero-order chi connectivity index (χ0) is 16.3. The second kappa shape index (κ2) is 10.6. The topological polar surface area (TPSA) is 62.8 Å². The molecule has 1 aliphatic rings. The predicted molar refractivity (Wildman–Crippen MR) is 97.4 cm³/mol. The van der Waals surface area contributed by atoms with E-state index in [9.17, 15) is 0 Å². The van der Waals surface area contributed by atoms with Crippen LogP contribution in [0.4, 0.5) is 0 Å². The Morgan fingerprint density at radius 2 is 1.32 bits per heavy atom. The molecule has 1 heterocycles. The first-order valence-corrected chi connectivity index (χ1v) is 9.24. The lowest BCUT2D eigenvalue weighted by Gasteiger charge is -2.24. The Morgan fingerprint density at radius 3 is 1.82 bits per heavy atom. The first kappa shape index (κ1) is 19.0. The number of nitrogens with two attached hydrogens (primary N) is 1. The maximum Gasteiger partial charge on any atom is 0.196 e. The van der Waals surface area contributed by atoms with Crippen molar-refractivity contribution in [1.29, 1.82) is 0 Å². The molecule has 0 aromatic heterocycles. The van der Waals surface area contributed by atoms with Gasteiger partial charge in [-0.15, -0.1) is 0 Å². The molecule has 1 aliphatic heterocycles. The molecular weight excluding hydrogens is 272 g/mol. The second-order valence-corrected chi connectivity index (χ2v) is 6.96. The van der Waals surface area contributed by atoms with Crippen molar-refractivity contribution < 1.29 is 0 Å². The summed E-state index contributed by atoms with van der Waals surface area (Å²) < 4.78 is 0. The van der Waals surface area contributed by atoms with Gasteiger partial charge in [-0.2, -0.15) is 0 Å². The van der Waals surface area contributed by atoms with Gasteiger partial charge in [-0.05, 0) is 20.3 Å². The summed E-state index contributed by atoms with van der Waals surface area (Å²) in [5.41, 5.74) is 5.39. The SMILES string of the molecule is CCCCCCCCCCCCCC1=NC(C)(C)N=C(N)N1. The summed E-state index contributed by atoms with van der Waals surface area (Å²) in [5.74, 6) is 1.49. The van der Waals surface area contributed by atoms with Crippen LogP contribution in [0.3, 0.4) is 0 Å². The van der Waals surface area contributed by atoms with E-state index in [1.165, 1.54) is 70.6 Å². The number of hydrogen-bond acceptors (Lipinski definition) is 4. The monoisotopic (exact) mass is 308 g/mol. The van der Waals surface area contributed by atoms with Crippen LogP contribution in [-0.2, 0) is 0 Å². The molecule has 3 N–H and O–H groups in total. The zero-order valence-corrected chi connectivity index (χ0v) is 15.0. The Morgan fingerprint density at radius 1 is 0.818 bits per heavy atom. The van der Waals surface area contributed by atoms with Crippen LogP contribution < -0.4 is 11.1 Å². The molecule has 0 aromatic rings. The van der Waals surface area contributed by atoms with Crippen molar-refractivity contribution >= 4 is 11.8 Å². The van der Waals surface area contributed by atoms with Gasteiger partial charge in [0.1, 0.15) is 11.5 Å². The summed E-state index contributed by atoms with van der Waals surface area (Å²) in [6.45, 7) is 6.25. The van der Waals surface area contributed by atoms with E-state index in [1.807, 2.05) is 13.8 Å². The molecule has 4 heteroatoms. The van der Waals surface area contributed by atoms with Crippen molar-refractivity contribution in [2.24, 2.45) is 15.7 Å². The maximum atomic E-state index is 5.79. The van der Waals surface area contributed by atoms with Crippen LogP contribution in [0.1, 0.15) is 97.8 Å². The molecule has 0 amide bonds. The summed E-state index contributed by atoms with van der Waals surface area (Å²) >= 11 is 0. The molecule has 0 spiro atoms. The molecule has 0 atom stereocenters. The summed E-state index contributed by atoms with van der Waals surface area (Å²) in [6.07, 6.45) is 16.0. The van der Waals surface area contributed by atoms with Crippen LogP contribution in [0, 0.1) is 0 Å². The van der Waals surface area contributed by atoms with Gasteiger partial charge in [0.25, 0.3) is 0 Å². The third-order valence-electron chi connectivity index (χ3n) is 4.09. The van der Waals surface area contributed by atoms with Crippen LogP contribution in [0.25, 0.3) is 0 Å². The molecule has 4 nitrogen and oxygen atoms in total. The van der Waals surface area contributed by atoms with Crippen LogP contribution >= 0.6 is 0 Å². The quantitative estimate of drug-likeness (QED) is 0.511. The Hall–Kier alpha value is -1.06. The van der Waals surface area contributed by atoms with Gasteiger partial charge in [0.15, 0.2) is 5.96 Å². The average molecular weight is 309 g/mol. The van der Waals surface area contributed by atoms with Crippen molar-refractivity contribution in [3.63, 3.8) is 0 Å². The first-order chi connectivity index (χ1) is 10.5. The minimum absolute atomic E-state index is 0.400. The van der Waals surface area contributed by atoms with Gasteiger partial charge in [0.05, 0.1) is 0 Å². The van der Waals surface area contributed by atoms with Crippen molar-refractivity contribution in [3.8, 4) is 0 Å². The van der Waals surface area contributed by atoms with E-state index < -0.39 is 5.66 Å². The zero-order valence-electron chi connectivity index (χ0n) is 15.0. The molecule has 0 saturated heterocycles. The van der Waals surface area contributed by atoms with Gasteiger partial charge in [-0.1, -0.05) is 71.1 Å². The first-order valence-electron chi connectivity index (χ1n) is 9.24. The number of hydrogen-bond donors (Lipinski definition) is 2. The largest absolute Gasteiger partial charge is 0.370 e. The normalized spacial score (nSPS) is 16.9. The highest BCUT2D eigenvalue weighted by molar-refractivity contribution is 6.00. The van der Waals surface area contributed by atoms with Gasteiger partial charge in [0.2, 0.25) is 0 Å². The van der Waals surface area contributed by atoms with Crippen molar-refractivity contribution in [2.45, 2.75) is 103 Å². The van der Waals surface area contributed by atoms with E-state index in [0.717, 1.165) is 12.3 Å². The number of amidine groups is 1. The molecule has 0 unspecified atom stereocenters. The molecule has 0 aliphatic carbocycles. The van der Waals surface area contributed by atoms with Gasteiger partial charge < -0.3 is 11.1 Å². The molecule has 1 rings (SSSR count). The van der Waals surface area contributed by atoms with E-state index in [-0.39, 0.29) is 0 Å². The van der Waals surface area contributed by atoms with E-state index in [2.05, 4.69) is 22.2 Å². The van der Waals surface area contributed by atoms with Crippen LogP contribution in [0.2, 0.25) is 0 Å². The number of guanidine groups is 1. The molecule has 0 radical (unpaired) electrons. The Balaban J connectivity index is 1.95. The van der Waals surface area contributed by atoms with Crippen molar-refractivity contribution in [1.82, 2.24) is 5.32 Å². The fourth-order valence-corrected chi connectivity index (χ4v) is 2.93. The van der Waals surface area contributed by atoms with Crippen molar-refractivity contribution in [3.05, 3.63) is 0 Å². The smallest absolute Gasteiger partial charge is 0.196 e. The lowest BCUT2D eigenvalue weighted by molar-refractivity contribution is 0.533. The van der Waals surface area contributed by atoms with E-state index in [4.69, 9.17) is 5.73 Å². The molecule has 0 bridgehead atoms. The minimum atomic E-state index is -0.400. The lowest BCUT2D eigenvalue weighted by Crippen LogP contribution is -2.44. The third kappa shape index (κ3) is 9.06. The second-order valence-electron chi connectivity index (χ2n) is 6.96. The molecular formula is C18H36N4. The Labute approximate surface area is 137 Å². The number of unbranched alkanes of at least 4 members (excludes halogenated alkanes) is 10. The van der Waals surface area contributed by atoms with Crippen molar-refractivity contribution in [2.75, 3.05) is 0 Å². The summed E-state index contributed by atoms with van der Waals surface area (Å²) in [5, 5.41) is 3.09. The minimum Gasteiger partial charge on any atom is -0.370 e. The fraction of sp³-hybridized carbons (Fsp3) is 0.889. The van der Waals surface area contributed by atoms with Gasteiger partial charge in [0, 0.05) is 6.42 Å². The van der Waals surface area contributed by atoms with E-state index in [0.29, 0.717) is 5.96 Å². The highest BCUT2D eigenvalue weighted by atomic mass is 15.3. The molecule has 0 fully saturated rings. The van der Waals surface area contributed by atoms with Crippen LogP contribution in [-0.4, -0.2) is 17.5 Å². The highest BCUT2D eigenvalue weighted by Gasteiger charge is 2.20. The van der Waals surface area contributed by atoms with E-state index >= 15 is 0 Å². The molecule has 0 saturated carbocycles. The Bertz CT molecular complexity index is 358. The fourth-order valence-electron chi connectivity index (χ4n) is 2.93. The Kier molecular flexibility index (Phi) is 9.17. The maximum absolute atomic E-state index is 5.79. The van der Waals surface area contributed by atoms with Crippen LogP contribution in [0.5, 0.6) is 0 Å². The number of nitrogens with one attached hydrogen (secondary N) is 1. The number of rotatable bonds is 12. The molecule has 22 heavy (non-hydrogen) atoms. The number of nitrogens with zero attached hydrogens (tertiary/aromatic N) is 2. The lowest BCUT2D eigenvalue weighted by atomic mass is 10.0. The summed E-state index contributed by atoms with van der Waals surface area (Å²) in [7, 11) is 0. The van der Waals surface area contributed by atoms with Gasteiger partial charge in [-0.25, -0.2) is 9.98 Å².